The molecule has 0 aliphatic heterocycles. The Bertz CT molecular complexity index is 190. The van der Waals surface area contributed by atoms with Crippen molar-refractivity contribution in [3.63, 3.8) is 0 Å². The highest BCUT2D eigenvalue weighted by Crippen LogP contribution is 1.97. The lowest BCUT2D eigenvalue weighted by atomic mass is 10.1. The van der Waals surface area contributed by atoms with Crippen LogP contribution in [0.2, 0.25) is 0 Å². The highest BCUT2D eigenvalue weighted by molar-refractivity contribution is 5.00. The van der Waals surface area contributed by atoms with E-state index in [2.05, 4.69) is 0 Å². The average molecular weight is 216 g/mol. The van der Waals surface area contributed by atoms with Gasteiger partial charge in [-0.25, -0.2) is 0 Å². The lowest BCUT2D eigenvalue weighted by Gasteiger charge is -2.14. The zero-order chi connectivity index (χ0) is 11.6. The van der Waals surface area contributed by atoms with E-state index in [1.165, 1.54) is 0 Å². The molecule has 0 spiro atoms. The van der Waals surface area contributed by atoms with Crippen LogP contribution < -0.4 is 5.73 Å². The molecule has 0 fully saturated rings. The topological polar surface area (TPSA) is 77.5 Å². The molecule has 0 radical (unpaired) electrons. The third kappa shape index (κ3) is 9.63. The maximum atomic E-state index is 8.60. The first-order valence-electron chi connectivity index (χ1n) is 4.97. The third-order valence-corrected chi connectivity index (χ3v) is 1.67. The first kappa shape index (κ1) is 14.3. The van der Waals surface area contributed by atoms with E-state index in [0.717, 1.165) is 6.42 Å². The van der Waals surface area contributed by atoms with Gasteiger partial charge in [-0.15, -0.1) is 0 Å². The maximum Gasteiger partial charge on any atom is 0.124 e. The van der Waals surface area contributed by atoms with Gasteiger partial charge in [-0.2, -0.15) is 5.26 Å². The summed E-state index contributed by atoms with van der Waals surface area (Å²) in [6.45, 7) is 4.29. The third-order valence-electron chi connectivity index (χ3n) is 1.67. The zero-order valence-electron chi connectivity index (χ0n) is 9.49. The largest absolute Gasteiger partial charge is 0.382 e. The molecule has 5 nitrogen and oxygen atoms in total. The summed E-state index contributed by atoms with van der Waals surface area (Å²) in [6, 6.07) is 1.97. The van der Waals surface area contributed by atoms with Gasteiger partial charge in [-0.3, -0.25) is 0 Å². The number of hydrogen-bond acceptors (Lipinski definition) is 5. The molecule has 0 aromatic rings. The van der Waals surface area contributed by atoms with Gasteiger partial charge in [0.2, 0.25) is 0 Å². The number of nitriles is 1. The molecular weight excluding hydrogens is 196 g/mol. The molecule has 0 aromatic heterocycles. The fourth-order valence-electron chi connectivity index (χ4n) is 0.824. The molecule has 0 saturated carbocycles. The molecule has 0 aliphatic carbocycles. The average Bonchev–Trinajstić information content (AvgIpc) is 2.22. The minimum Gasteiger partial charge on any atom is -0.382 e. The number of ether oxygens (including phenoxy) is 3. The second kappa shape index (κ2) is 8.62. The fraction of sp³-hybridized carbons (Fsp3) is 0.900. The molecule has 0 saturated heterocycles. The van der Waals surface area contributed by atoms with Gasteiger partial charge in [0.15, 0.2) is 0 Å². The highest BCUT2D eigenvalue weighted by Gasteiger charge is 2.16. The van der Waals surface area contributed by atoms with Gasteiger partial charge in [0.25, 0.3) is 0 Å². The summed E-state index contributed by atoms with van der Waals surface area (Å²) < 4.78 is 15.3. The van der Waals surface area contributed by atoms with E-state index in [1.807, 2.05) is 6.07 Å². The minimum atomic E-state index is -0.892. The van der Waals surface area contributed by atoms with Gasteiger partial charge >= 0.3 is 0 Å². The van der Waals surface area contributed by atoms with Crippen LogP contribution in [-0.2, 0) is 14.2 Å². The lowest BCUT2D eigenvalue weighted by molar-refractivity contribution is 0.0465. The maximum absolute atomic E-state index is 8.60. The summed E-state index contributed by atoms with van der Waals surface area (Å²) >= 11 is 0. The molecule has 88 valence electrons. The molecule has 1 atom stereocenters. The molecule has 0 aromatic carbocycles. The second-order valence-electron chi connectivity index (χ2n) is 3.54. The van der Waals surface area contributed by atoms with Crippen LogP contribution in [0.3, 0.4) is 0 Å². The van der Waals surface area contributed by atoms with E-state index < -0.39 is 5.54 Å². The second-order valence-corrected chi connectivity index (χ2v) is 3.54. The molecule has 0 rings (SSSR count). The fourth-order valence-corrected chi connectivity index (χ4v) is 0.824. The molecule has 0 bridgehead atoms. The van der Waals surface area contributed by atoms with E-state index >= 15 is 0 Å². The molecule has 5 heteroatoms. The van der Waals surface area contributed by atoms with Gasteiger partial charge in [0.05, 0.1) is 25.9 Å². The summed E-state index contributed by atoms with van der Waals surface area (Å²) in [7, 11) is 1.64. The monoisotopic (exact) mass is 216 g/mol. The van der Waals surface area contributed by atoms with Crippen LogP contribution in [0.15, 0.2) is 0 Å². The quantitative estimate of drug-likeness (QED) is 0.561. The highest BCUT2D eigenvalue weighted by atomic mass is 16.5. The molecule has 1 unspecified atom stereocenters. The van der Waals surface area contributed by atoms with Crippen LogP contribution in [0.1, 0.15) is 13.3 Å². The molecular formula is C10H20N2O3. The Kier molecular flexibility index (Phi) is 8.24. The van der Waals surface area contributed by atoms with E-state index in [9.17, 15) is 0 Å². The van der Waals surface area contributed by atoms with E-state index in [0.29, 0.717) is 26.4 Å². The van der Waals surface area contributed by atoms with Crippen LogP contribution in [0, 0.1) is 11.3 Å². The Labute approximate surface area is 91.1 Å². The molecule has 0 amide bonds. The zero-order valence-corrected chi connectivity index (χ0v) is 9.49. The van der Waals surface area contributed by atoms with Crippen molar-refractivity contribution in [3.05, 3.63) is 0 Å². The Balaban J connectivity index is 3.16. The first-order valence-corrected chi connectivity index (χ1v) is 4.97. The van der Waals surface area contributed by atoms with Gasteiger partial charge in [-0.1, -0.05) is 0 Å². The van der Waals surface area contributed by atoms with E-state index in [4.69, 9.17) is 25.2 Å². The predicted octanol–water partition coefficient (Wildman–Crippen LogP) is 0.297. The van der Waals surface area contributed by atoms with Crippen molar-refractivity contribution in [1.29, 1.82) is 5.26 Å². The smallest absolute Gasteiger partial charge is 0.124 e. The lowest BCUT2D eigenvalue weighted by Crippen LogP contribution is -2.39. The van der Waals surface area contributed by atoms with E-state index in [-0.39, 0.29) is 6.61 Å². The number of hydrogen-bond donors (Lipinski definition) is 1. The number of methoxy groups -OCH3 is 1. The van der Waals surface area contributed by atoms with Crippen LogP contribution in [0.5, 0.6) is 0 Å². The standard InChI is InChI=1S/C10H20N2O3/c1-10(12,8-11)9-15-5-3-4-14-7-6-13-2/h3-7,9,12H2,1-2H3. The first-order chi connectivity index (χ1) is 7.12. The van der Waals surface area contributed by atoms with Crippen molar-refractivity contribution in [2.24, 2.45) is 5.73 Å². The van der Waals surface area contributed by atoms with Crippen molar-refractivity contribution in [2.75, 3.05) is 40.1 Å². The summed E-state index contributed by atoms with van der Waals surface area (Å²) in [5.74, 6) is 0. The summed E-state index contributed by atoms with van der Waals surface area (Å²) in [5.41, 5.74) is 4.67. The van der Waals surface area contributed by atoms with Crippen molar-refractivity contribution in [1.82, 2.24) is 0 Å². The van der Waals surface area contributed by atoms with Crippen molar-refractivity contribution < 1.29 is 14.2 Å². The Hall–Kier alpha value is -0.670. The Morgan fingerprint density at radius 2 is 1.87 bits per heavy atom. The SMILES string of the molecule is COCCOCCCOCC(C)(N)C#N. The Morgan fingerprint density at radius 1 is 1.20 bits per heavy atom. The summed E-state index contributed by atoms with van der Waals surface area (Å²) in [4.78, 5) is 0. The Morgan fingerprint density at radius 3 is 2.47 bits per heavy atom. The summed E-state index contributed by atoms with van der Waals surface area (Å²) in [6.07, 6.45) is 0.797. The molecule has 0 aliphatic rings. The van der Waals surface area contributed by atoms with E-state index in [1.54, 1.807) is 14.0 Å². The number of nitrogens with zero attached hydrogens (tertiary/aromatic N) is 1. The van der Waals surface area contributed by atoms with Crippen molar-refractivity contribution in [3.8, 4) is 6.07 Å². The summed E-state index contributed by atoms with van der Waals surface area (Å²) in [5, 5.41) is 8.60. The van der Waals surface area contributed by atoms with Gasteiger partial charge in [0.1, 0.15) is 5.54 Å². The molecule has 2 N–H and O–H groups in total. The molecule has 15 heavy (non-hydrogen) atoms. The van der Waals surface area contributed by atoms with Gasteiger partial charge < -0.3 is 19.9 Å². The van der Waals surface area contributed by atoms with Crippen molar-refractivity contribution in [2.45, 2.75) is 18.9 Å². The number of nitrogens with two attached hydrogens (primary N) is 1. The van der Waals surface area contributed by atoms with Crippen LogP contribution in [-0.4, -0.2) is 45.7 Å². The van der Waals surface area contributed by atoms with Crippen LogP contribution in [0.4, 0.5) is 0 Å². The van der Waals surface area contributed by atoms with Crippen LogP contribution >= 0.6 is 0 Å². The predicted molar refractivity (Wildman–Crippen MR) is 56.3 cm³/mol. The molecule has 0 heterocycles. The van der Waals surface area contributed by atoms with Crippen molar-refractivity contribution >= 4 is 0 Å². The minimum absolute atomic E-state index is 0.252. The van der Waals surface area contributed by atoms with Crippen LogP contribution in [0.25, 0.3) is 0 Å². The van der Waals surface area contributed by atoms with Gasteiger partial charge in [0, 0.05) is 20.3 Å². The number of rotatable bonds is 9. The van der Waals surface area contributed by atoms with Gasteiger partial charge in [-0.05, 0) is 13.3 Å². The normalized spacial score (nSPS) is 14.5.